The maximum Gasteiger partial charge on any atom is 0.260 e. The van der Waals surface area contributed by atoms with Gasteiger partial charge in [-0.1, -0.05) is 32.0 Å². The monoisotopic (exact) mass is 542 g/mol. The van der Waals surface area contributed by atoms with Crippen LogP contribution in [0.4, 0.5) is 10.2 Å². The lowest BCUT2D eigenvalue weighted by atomic mass is 10.2. The first-order valence-corrected chi connectivity index (χ1v) is 12.2. The van der Waals surface area contributed by atoms with Gasteiger partial charge in [0.2, 0.25) is 0 Å². The number of imidazole rings is 1. The van der Waals surface area contributed by atoms with Gasteiger partial charge in [-0.05, 0) is 59.6 Å². The molecule has 1 atom stereocenters. The van der Waals surface area contributed by atoms with Gasteiger partial charge in [0.05, 0.1) is 11.9 Å². The fourth-order valence-electron chi connectivity index (χ4n) is 3.54. The maximum absolute atomic E-state index is 12.4. The van der Waals surface area contributed by atoms with Crippen LogP contribution in [0.5, 0.6) is 0 Å². The van der Waals surface area contributed by atoms with Crippen LogP contribution >= 0.6 is 15.9 Å². The minimum atomic E-state index is -0.400. The van der Waals surface area contributed by atoms with E-state index in [4.69, 9.17) is 0 Å². The van der Waals surface area contributed by atoms with Crippen LogP contribution in [0.15, 0.2) is 70.2 Å². The van der Waals surface area contributed by atoms with Gasteiger partial charge in [0.15, 0.2) is 5.65 Å². The molecule has 1 aliphatic heterocycles. The molecule has 1 aliphatic rings. The van der Waals surface area contributed by atoms with Crippen molar-refractivity contribution in [3.8, 4) is 0 Å². The van der Waals surface area contributed by atoms with Crippen molar-refractivity contribution in [2.75, 3.05) is 18.0 Å². The smallest absolute Gasteiger partial charge is 0.260 e. The number of rotatable bonds is 3. The van der Waals surface area contributed by atoms with Gasteiger partial charge < -0.3 is 15.2 Å². The summed E-state index contributed by atoms with van der Waals surface area (Å²) in [6.07, 6.45) is 4.09. The normalized spacial score (nSPS) is 14.5. The van der Waals surface area contributed by atoms with E-state index in [1.165, 1.54) is 24.4 Å². The average molecular weight is 543 g/mol. The summed E-state index contributed by atoms with van der Waals surface area (Å²) in [5.41, 5.74) is 1.48. The average Bonchev–Trinajstić information content (AvgIpc) is 3.49. The van der Waals surface area contributed by atoms with Gasteiger partial charge >= 0.3 is 0 Å². The highest BCUT2D eigenvalue weighted by Gasteiger charge is 2.26. The number of carbonyl (C=O) groups is 1. The van der Waals surface area contributed by atoms with Gasteiger partial charge in [-0.15, -0.1) is 5.10 Å². The molecule has 8 nitrogen and oxygen atoms in total. The Balaban J connectivity index is 0.000000324. The van der Waals surface area contributed by atoms with E-state index < -0.39 is 5.56 Å². The zero-order valence-corrected chi connectivity index (χ0v) is 21.4. The number of carbonyl (C=O) groups excluding carboxylic acids is 1. The molecule has 0 radical (unpaired) electrons. The highest BCUT2D eigenvalue weighted by Crippen LogP contribution is 2.19. The molecular formula is C25H28BrFN6O2. The molecule has 4 aromatic rings. The number of halogens is 2. The number of fused-ring (bicyclic) bond motifs is 1. The molecule has 0 spiro atoms. The second-order valence-corrected chi connectivity index (χ2v) is 8.54. The number of benzene rings is 1. The third kappa shape index (κ3) is 6.75. The molecule has 4 heterocycles. The number of amides is 1. The fraction of sp³-hybridized carbons (Fsp3) is 0.280. The van der Waals surface area contributed by atoms with E-state index in [0.717, 1.165) is 30.1 Å². The summed E-state index contributed by atoms with van der Waals surface area (Å²) in [6.45, 7) is 7.38. The lowest BCUT2D eigenvalue weighted by Gasteiger charge is -2.18. The lowest BCUT2D eigenvalue weighted by molar-refractivity contribution is 0.0938. The molecule has 0 unspecified atom stereocenters. The highest BCUT2D eigenvalue weighted by atomic mass is 79.9. The van der Waals surface area contributed by atoms with Crippen molar-refractivity contribution in [1.82, 2.24) is 24.9 Å². The third-order valence-corrected chi connectivity index (χ3v) is 5.67. The third-order valence-electron chi connectivity index (χ3n) is 5.21. The Morgan fingerprint density at radius 1 is 1.20 bits per heavy atom. The van der Waals surface area contributed by atoms with E-state index in [0.29, 0.717) is 11.0 Å². The van der Waals surface area contributed by atoms with Crippen molar-refractivity contribution in [3.63, 3.8) is 0 Å². The minimum absolute atomic E-state index is 0.0396. The summed E-state index contributed by atoms with van der Waals surface area (Å²) in [7, 11) is 0. The standard InChI is InChI=1S/C17H17BrN6O2.C6H5F.C2H6/c1-10-7-19-14-2-3-15(22-24(10)14)23-5-4-12(9-23)21-17(26)13-6-11(18)8-20-16(13)25;7-6-4-2-1-3-5-6;1-2/h2-3,6-8,12H,4-5,9H2,1H3,(H,20,25)(H,21,26);1-5H;1-2H3/t12-;;/m0../s1. The van der Waals surface area contributed by atoms with Crippen LogP contribution in [-0.4, -0.2) is 44.6 Å². The number of pyridine rings is 1. The fourth-order valence-corrected chi connectivity index (χ4v) is 3.88. The predicted octanol–water partition coefficient (Wildman–Crippen LogP) is 4.35. The lowest BCUT2D eigenvalue weighted by Crippen LogP contribution is -2.39. The molecule has 1 aromatic carbocycles. The number of hydrogen-bond donors (Lipinski definition) is 2. The number of aryl methyl sites for hydroxylation is 1. The van der Waals surface area contributed by atoms with Crippen molar-refractivity contribution < 1.29 is 9.18 Å². The Hall–Kier alpha value is -3.53. The Labute approximate surface area is 211 Å². The van der Waals surface area contributed by atoms with Crippen molar-refractivity contribution in [3.05, 3.63) is 92.8 Å². The molecule has 1 amide bonds. The van der Waals surface area contributed by atoms with Crippen LogP contribution in [0.1, 0.15) is 36.3 Å². The molecule has 10 heteroatoms. The molecule has 0 aliphatic carbocycles. The van der Waals surface area contributed by atoms with E-state index in [9.17, 15) is 14.0 Å². The number of nitrogens with one attached hydrogen (secondary N) is 2. The topological polar surface area (TPSA) is 95.4 Å². The van der Waals surface area contributed by atoms with Crippen molar-refractivity contribution in [1.29, 1.82) is 0 Å². The van der Waals surface area contributed by atoms with Gasteiger partial charge in [0, 0.05) is 29.8 Å². The molecule has 184 valence electrons. The quantitative estimate of drug-likeness (QED) is 0.401. The first-order valence-electron chi connectivity index (χ1n) is 11.4. The van der Waals surface area contributed by atoms with Gasteiger partial charge in [0.1, 0.15) is 17.2 Å². The number of nitrogens with zero attached hydrogens (tertiary/aromatic N) is 4. The summed E-state index contributed by atoms with van der Waals surface area (Å²) in [4.78, 5) is 33.2. The molecule has 1 saturated heterocycles. The molecule has 5 rings (SSSR count). The van der Waals surface area contributed by atoms with Crippen LogP contribution in [-0.2, 0) is 0 Å². The zero-order chi connectivity index (χ0) is 25.4. The summed E-state index contributed by atoms with van der Waals surface area (Å²) < 4.78 is 14.4. The summed E-state index contributed by atoms with van der Waals surface area (Å²) in [5, 5.41) is 7.56. The van der Waals surface area contributed by atoms with E-state index in [1.807, 2.05) is 37.4 Å². The van der Waals surface area contributed by atoms with Gasteiger partial charge in [-0.25, -0.2) is 13.9 Å². The summed E-state index contributed by atoms with van der Waals surface area (Å²) >= 11 is 3.27. The molecule has 2 N–H and O–H groups in total. The Morgan fingerprint density at radius 3 is 2.63 bits per heavy atom. The zero-order valence-electron chi connectivity index (χ0n) is 19.8. The van der Waals surface area contributed by atoms with E-state index in [-0.39, 0.29) is 23.3 Å². The second-order valence-electron chi connectivity index (χ2n) is 7.62. The molecule has 1 fully saturated rings. The van der Waals surface area contributed by atoms with Crippen LogP contribution in [0.2, 0.25) is 0 Å². The first-order chi connectivity index (χ1) is 16.9. The predicted molar refractivity (Wildman–Crippen MR) is 138 cm³/mol. The Kier molecular flexibility index (Phi) is 9.13. The van der Waals surface area contributed by atoms with Crippen molar-refractivity contribution >= 4 is 33.3 Å². The number of hydrogen-bond acceptors (Lipinski definition) is 5. The molecule has 0 bridgehead atoms. The van der Waals surface area contributed by atoms with E-state index in [1.54, 1.807) is 24.4 Å². The van der Waals surface area contributed by atoms with Crippen molar-refractivity contribution in [2.24, 2.45) is 0 Å². The van der Waals surface area contributed by atoms with Crippen molar-refractivity contribution in [2.45, 2.75) is 33.2 Å². The Bertz CT molecular complexity index is 1320. The SMILES string of the molecule is CC.Cc1cnc2ccc(N3CC[C@H](NC(=O)c4cc(Br)c[nH]c4=O)C3)nn12.Fc1ccccc1. The second kappa shape index (κ2) is 12.3. The van der Waals surface area contributed by atoms with Gasteiger partial charge in [-0.2, -0.15) is 0 Å². The van der Waals surface area contributed by atoms with Gasteiger partial charge in [-0.3, -0.25) is 9.59 Å². The summed E-state index contributed by atoms with van der Waals surface area (Å²) in [6, 6.07) is 13.3. The van der Waals surface area contributed by atoms with Crippen LogP contribution in [0, 0.1) is 12.7 Å². The number of aromatic amines is 1. The van der Waals surface area contributed by atoms with Crippen LogP contribution in [0.25, 0.3) is 5.65 Å². The summed E-state index contributed by atoms with van der Waals surface area (Å²) in [5.74, 6) is 0.298. The largest absolute Gasteiger partial charge is 0.353 e. The minimum Gasteiger partial charge on any atom is -0.353 e. The molecule has 0 saturated carbocycles. The molecule has 35 heavy (non-hydrogen) atoms. The van der Waals surface area contributed by atoms with E-state index in [2.05, 4.69) is 41.2 Å². The number of H-pyrrole nitrogens is 1. The van der Waals surface area contributed by atoms with Gasteiger partial charge in [0.25, 0.3) is 11.5 Å². The number of aromatic nitrogens is 4. The van der Waals surface area contributed by atoms with Crippen LogP contribution in [0.3, 0.4) is 0 Å². The van der Waals surface area contributed by atoms with E-state index >= 15 is 0 Å². The Morgan fingerprint density at radius 2 is 1.94 bits per heavy atom. The first kappa shape index (κ1) is 26.1. The highest BCUT2D eigenvalue weighted by molar-refractivity contribution is 9.10. The maximum atomic E-state index is 12.4. The molecular weight excluding hydrogens is 515 g/mol. The molecule has 3 aromatic heterocycles. The number of anilines is 1. The van der Waals surface area contributed by atoms with Crippen LogP contribution < -0.4 is 15.8 Å².